The first-order valence-corrected chi connectivity index (χ1v) is 5.28. The fourth-order valence-electron chi connectivity index (χ4n) is 1.78. The van der Waals surface area contributed by atoms with E-state index in [1.807, 2.05) is 0 Å². The third kappa shape index (κ3) is 2.07. The summed E-state index contributed by atoms with van der Waals surface area (Å²) in [5.74, 6) is 0.269. The van der Waals surface area contributed by atoms with Crippen molar-refractivity contribution in [3.8, 4) is 0 Å². The zero-order valence-electron chi connectivity index (χ0n) is 9.17. The third-order valence-corrected chi connectivity index (χ3v) is 2.68. The quantitative estimate of drug-likeness (QED) is 0.476. The summed E-state index contributed by atoms with van der Waals surface area (Å²) in [4.78, 5) is 10.7. The number of aliphatic hydroxyl groups is 2. The van der Waals surface area contributed by atoms with Gasteiger partial charge in [0.15, 0.2) is 0 Å². The van der Waals surface area contributed by atoms with Gasteiger partial charge in [0.2, 0.25) is 0 Å². The number of hydrogen-bond donors (Lipinski definition) is 5. The monoisotopic (exact) mass is 237 g/mol. The summed E-state index contributed by atoms with van der Waals surface area (Å²) in [6.07, 6.45) is 1.22. The average molecular weight is 237 g/mol. The van der Waals surface area contributed by atoms with Gasteiger partial charge in [-0.05, 0) is 13.0 Å². The minimum absolute atomic E-state index is 0.269. The lowest BCUT2D eigenvalue weighted by atomic mass is 10.0. The number of hydrogen-bond acceptors (Lipinski definition) is 6. The highest BCUT2D eigenvalue weighted by Crippen LogP contribution is 2.28. The Labute approximate surface area is 97.5 Å². The molecule has 0 bridgehead atoms. The van der Waals surface area contributed by atoms with Gasteiger partial charge >= 0.3 is 0 Å². The number of nitrogens with one attached hydrogen (secondary N) is 1. The Hall–Kier alpha value is -1.70. The van der Waals surface area contributed by atoms with Crippen molar-refractivity contribution < 1.29 is 10.2 Å². The topological polar surface area (TPSA) is 134 Å². The van der Waals surface area contributed by atoms with E-state index < -0.39 is 12.2 Å². The van der Waals surface area contributed by atoms with Gasteiger partial charge in [0.25, 0.3) is 0 Å². The predicted octanol–water partition coefficient (Wildman–Crippen LogP) is -0.717. The smallest absolute Gasteiger partial charge is 0.143 e. The second-order valence-electron chi connectivity index (χ2n) is 3.82. The molecule has 2 aromatic rings. The molecule has 0 aromatic carbocycles. The van der Waals surface area contributed by atoms with E-state index >= 15 is 0 Å². The second-order valence-corrected chi connectivity index (χ2v) is 3.82. The van der Waals surface area contributed by atoms with E-state index in [0.29, 0.717) is 29.6 Å². The molecular weight excluding hydrogens is 222 g/mol. The minimum Gasteiger partial charge on any atom is -0.390 e. The van der Waals surface area contributed by atoms with Crippen LogP contribution in [-0.4, -0.2) is 37.8 Å². The molecule has 0 saturated heterocycles. The fourth-order valence-corrected chi connectivity index (χ4v) is 1.78. The zero-order chi connectivity index (χ0) is 12.4. The van der Waals surface area contributed by atoms with E-state index in [4.69, 9.17) is 11.5 Å². The van der Waals surface area contributed by atoms with Gasteiger partial charge < -0.3 is 26.7 Å². The maximum absolute atomic E-state index is 9.99. The van der Waals surface area contributed by atoms with Crippen LogP contribution in [0.2, 0.25) is 0 Å². The lowest BCUT2D eigenvalue weighted by molar-refractivity contribution is 0.0159. The summed E-state index contributed by atoms with van der Waals surface area (Å²) in [5, 5.41) is 20.2. The summed E-state index contributed by atoms with van der Waals surface area (Å²) >= 11 is 0. The number of nitrogens with two attached hydrogens (primary N) is 2. The average Bonchev–Trinajstić information content (AvgIpc) is 2.73. The molecule has 2 unspecified atom stereocenters. The standard InChI is InChI=1S/C10H15N5O2/c11-2-1-6(16)8(17)5-3-13-10-7(5)9(12)14-4-15-10/h3-4,6,8,16-17H,1-2,11H2,(H3,12,13,14,15). The van der Waals surface area contributed by atoms with Crippen molar-refractivity contribution in [2.75, 3.05) is 12.3 Å². The van der Waals surface area contributed by atoms with Crippen molar-refractivity contribution >= 4 is 16.9 Å². The van der Waals surface area contributed by atoms with Gasteiger partial charge in [0, 0.05) is 11.8 Å². The van der Waals surface area contributed by atoms with Crippen molar-refractivity contribution in [1.29, 1.82) is 0 Å². The molecule has 92 valence electrons. The van der Waals surface area contributed by atoms with Crippen LogP contribution < -0.4 is 11.5 Å². The van der Waals surface area contributed by atoms with E-state index in [0.717, 1.165) is 0 Å². The van der Waals surface area contributed by atoms with E-state index in [1.165, 1.54) is 6.33 Å². The first-order valence-electron chi connectivity index (χ1n) is 5.28. The van der Waals surface area contributed by atoms with Gasteiger partial charge in [-0.2, -0.15) is 0 Å². The number of aromatic nitrogens is 3. The van der Waals surface area contributed by atoms with Crippen molar-refractivity contribution in [3.63, 3.8) is 0 Å². The number of anilines is 1. The second kappa shape index (κ2) is 4.66. The van der Waals surface area contributed by atoms with Crippen LogP contribution in [0.4, 0.5) is 5.82 Å². The molecule has 17 heavy (non-hydrogen) atoms. The number of H-pyrrole nitrogens is 1. The van der Waals surface area contributed by atoms with Crippen LogP contribution in [0.3, 0.4) is 0 Å². The predicted molar refractivity (Wildman–Crippen MR) is 62.9 cm³/mol. The van der Waals surface area contributed by atoms with Crippen LogP contribution in [-0.2, 0) is 0 Å². The number of nitrogen functional groups attached to an aromatic ring is 1. The Morgan fingerprint density at radius 1 is 1.35 bits per heavy atom. The van der Waals surface area contributed by atoms with Gasteiger partial charge in [-0.1, -0.05) is 0 Å². The van der Waals surface area contributed by atoms with E-state index in [9.17, 15) is 10.2 Å². The van der Waals surface area contributed by atoms with Crippen LogP contribution in [0.25, 0.3) is 11.0 Å². The molecule has 2 aromatic heterocycles. The van der Waals surface area contributed by atoms with Gasteiger partial charge in [-0.15, -0.1) is 0 Å². The third-order valence-electron chi connectivity index (χ3n) is 2.68. The maximum atomic E-state index is 9.99. The first-order chi connectivity index (χ1) is 8.15. The molecule has 0 aliphatic carbocycles. The molecule has 7 N–H and O–H groups in total. The number of aliphatic hydroxyl groups excluding tert-OH is 2. The van der Waals surface area contributed by atoms with Crippen LogP contribution in [0.1, 0.15) is 18.1 Å². The lowest BCUT2D eigenvalue weighted by Gasteiger charge is -2.16. The normalized spacial score (nSPS) is 15.0. The molecule has 2 heterocycles. The number of fused-ring (bicyclic) bond motifs is 1. The van der Waals surface area contributed by atoms with Gasteiger partial charge in [0.1, 0.15) is 23.9 Å². The first kappa shape index (κ1) is 11.8. The molecule has 0 aliphatic rings. The lowest BCUT2D eigenvalue weighted by Crippen LogP contribution is -2.21. The molecule has 7 heteroatoms. The van der Waals surface area contributed by atoms with Gasteiger partial charge in [0.05, 0.1) is 11.5 Å². The van der Waals surface area contributed by atoms with Crippen LogP contribution in [0, 0.1) is 0 Å². The largest absolute Gasteiger partial charge is 0.390 e. The highest BCUT2D eigenvalue weighted by molar-refractivity contribution is 5.89. The van der Waals surface area contributed by atoms with Crippen LogP contribution >= 0.6 is 0 Å². The Kier molecular flexibility index (Phi) is 3.23. The Morgan fingerprint density at radius 3 is 2.82 bits per heavy atom. The summed E-state index contributed by atoms with van der Waals surface area (Å²) in [7, 11) is 0. The van der Waals surface area contributed by atoms with Crippen LogP contribution in [0.15, 0.2) is 12.5 Å². The molecule has 0 aliphatic heterocycles. The van der Waals surface area contributed by atoms with E-state index in [2.05, 4.69) is 15.0 Å². The summed E-state index contributed by atoms with van der Waals surface area (Å²) < 4.78 is 0. The zero-order valence-corrected chi connectivity index (χ0v) is 9.17. The maximum Gasteiger partial charge on any atom is 0.143 e. The van der Waals surface area contributed by atoms with Crippen molar-refractivity contribution in [1.82, 2.24) is 15.0 Å². The highest BCUT2D eigenvalue weighted by Gasteiger charge is 2.22. The molecule has 0 radical (unpaired) electrons. The van der Waals surface area contributed by atoms with Crippen molar-refractivity contribution in [2.24, 2.45) is 5.73 Å². The van der Waals surface area contributed by atoms with Crippen molar-refractivity contribution in [2.45, 2.75) is 18.6 Å². The molecule has 2 atom stereocenters. The Balaban J connectivity index is 2.42. The Bertz CT molecular complexity index is 512. The number of nitrogens with zero attached hydrogens (tertiary/aromatic N) is 2. The molecule has 0 spiro atoms. The van der Waals surface area contributed by atoms with Crippen LogP contribution in [0.5, 0.6) is 0 Å². The summed E-state index contributed by atoms with van der Waals surface area (Å²) in [6.45, 7) is 0.298. The van der Waals surface area contributed by atoms with Crippen molar-refractivity contribution in [3.05, 3.63) is 18.1 Å². The fraction of sp³-hybridized carbons (Fsp3) is 0.400. The molecular formula is C10H15N5O2. The number of aromatic amines is 1. The Morgan fingerprint density at radius 2 is 2.12 bits per heavy atom. The van der Waals surface area contributed by atoms with E-state index in [-0.39, 0.29) is 5.82 Å². The highest BCUT2D eigenvalue weighted by atomic mass is 16.3. The molecule has 7 nitrogen and oxygen atoms in total. The van der Waals surface area contributed by atoms with E-state index in [1.54, 1.807) is 6.20 Å². The molecule has 2 rings (SSSR count). The molecule has 0 saturated carbocycles. The minimum atomic E-state index is -1.06. The molecule has 0 amide bonds. The SMILES string of the molecule is NCCC(O)C(O)c1c[nH]c2ncnc(N)c12. The summed E-state index contributed by atoms with van der Waals surface area (Å²) in [5.41, 5.74) is 12.1. The van der Waals surface area contributed by atoms with Gasteiger partial charge in [-0.25, -0.2) is 9.97 Å². The van der Waals surface area contributed by atoms with Gasteiger partial charge in [-0.3, -0.25) is 0 Å². The number of rotatable bonds is 4. The molecule has 0 fully saturated rings. The summed E-state index contributed by atoms with van der Waals surface area (Å²) in [6, 6.07) is 0.